The molecule has 0 radical (unpaired) electrons. The number of carbonyl (C=O) groups is 2. The summed E-state index contributed by atoms with van der Waals surface area (Å²) in [6.07, 6.45) is 1.31. The van der Waals surface area contributed by atoms with Crippen LogP contribution in [0.3, 0.4) is 0 Å². The minimum Gasteiger partial charge on any atom is -0.465 e. The summed E-state index contributed by atoms with van der Waals surface area (Å²) < 4.78 is 4.52. The lowest BCUT2D eigenvalue weighted by molar-refractivity contribution is 0.0599. The first-order chi connectivity index (χ1) is 9.54. The Balaban J connectivity index is 0.000000956. The second-order valence-electron chi connectivity index (χ2n) is 3.84. The molecule has 0 atom stereocenters. The third-order valence-corrected chi connectivity index (χ3v) is 2.69. The molecule has 2 aromatic rings. The lowest BCUT2D eigenvalue weighted by atomic mass is 10.1. The molecule has 5 nitrogen and oxygen atoms in total. The van der Waals surface area contributed by atoms with Crippen LogP contribution in [0.4, 0.5) is 0 Å². The van der Waals surface area contributed by atoms with Crippen LogP contribution < -0.4 is 5.43 Å². The molecule has 0 amide bonds. The fourth-order valence-electron chi connectivity index (χ4n) is 1.70. The maximum absolute atomic E-state index is 12.1. The molecule has 0 saturated carbocycles. The maximum atomic E-state index is 12.1. The molecular formula is C15H17NO4. The van der Waals surface area contributed by atoms with Gasteiger partial charge >= 0.3 is 5.97 Å². The van der Waals surface area contributed by atoms with Gasteiger partial charge in [0, 0.05) is 22.7 Å². The monoisotopic (exact) mass is 275 g/mol. The molecule has 0 fully saturated rings. The Kier molecular flexibility index (Phi) is 5.20. The van der Waals surface area contributed by atoms with Crippen molar-refractivity contribution in [2.24, 2.45) is 0 Å². The number of aromatic nitrogens is 1. The number of fused-ring (bicyclic) bond motifs is 1. The molecule has 0 aliphatic carbocycles. The van der Waals surface area contributed by atoms with Gasteiger partial charge in [0.05, 0.1) is 7.11 Å². The molecule has 0 unspecified atom stereocenters. The molecule has 0 aliphatic heterocycles. The van der Waals surface area contributed by atoms with Gasteiger partial charge in [-0.05, 0) is 25.1 Å². The molecule has 106 valence electrons. The summed E-state index contributed by atoms with van der Waals surface area (Å²) in [5, 5.41) is 0.297. The first kappa shape index (κ1) is 15.6. The number of methoxy groups -OCH3 is 1. The number of hydrogen-bond acceptors (Lipinski definition) is 4. The predicted octanol–water partition coefficient (Wildman–Crippen LogP) is 2.54. The van der Waals surface area contributed by atoms with Gasteiger partial charge in [-0.25, -0.2) is 4.79 Å². The van der Waals surface area contributed by atoms with Gasteiger partial charge in [-0.15, -0.1) is 0 Å². The Morgan fingerprint density at radius 3 is 2.40 bits per heavy atom. The van der Waals surface area contributed by atoms with Crippen molar-refractivity contribution in [3.63, 3.8) is 0 Å². The number of rotatable bonds is 2. The number of carbonyl (C=O) groups excluding carboxylic acids is 2. The summed E-state index contributed by atoms with van der Waals surface area (Å²) in [4.78, 5) is 37.6. The average Bonchev–Trinajstić information content (AvgIpc) is 2.48. The quantitative estimate of drug-likeness (QED) is 0.675. The van der Waals surface area contributed by atoms with Crippen LogP contribution in [0.25, 0.3) is 10.9 Å². The largest absolute Gasteiger partial charge is 0.465 e. The summed E-state index contributed by atoms with van der Waals surface area (Å²) in [5.41, 5.74) is 0.470. The van der Waals surface area contributed by atoms with Crippen LogP contribution in [0, 0.1) is 0 Å². The third-order valence-electron chi connectivity index (χ3n) is 2.69. The number of aromatic amines is 1. The number of nitrogens with one attached hydrogen (secondary N) is 1. The number of H-pyrrole nitrogens is 1. The minimum absolute atomic E-state index is 0.0781. The number of ketones is 1. The van der Waals surface area contributed by atoms with Gasteiger partial charge in [0.1, 0.15) is 5.56 Å². The maximum Gasteiger partial charge on any atom is 0.343 e. The summed E-state index contributed by atoms with van der Waals surface area (Å²) in [6, 6.07) is 4.73. The van der Waals surface area contributed by atoms with E-state index in [1.807, 2.05) is 13.8 Å². The number of esters is 1. The van der Waals surface area contributed by atoms with Crippen LogP contribution in [0.15, 0.2) is 29.2 Å². The molecule has 2 rings (SSSR count). The van der Waals surface area contributed by atoms with E-state index in [2.05, 4.69) is 9.72 Å². The van der Waals surface area contributed by atoms with Crippen molar-refractivity contribution in [1.29, 1.82) is 0 Å². The van der Waals surface area contributed by atoms with Gasteiger partial charge in [0.15, 0.2) is 5.78 Å². The fraction of sp³-hybridized carbons (Fsp3) is 0.267. The third kappa shape index (κ3) is 2.93. The van der Waals surface area contributed by atoms with Crippen molar-refractivity contribution in [3.05, 3.63) is 45.7 Å². The van der Waals surface area contributed by atoms with Crippen molar-refractivity contribution < 1.29 is 14.3 Å². The first-order valence-corrected chi connectivity index (χ1v) is 6.29. The highest BCUT2D eigenvalue weighted by Gasteiger charge is 2.13. The first-order valence-electron chi connectivity index (χ1n) is 6.29. The highest BCUT2D eigenvalue weighted by atomic mass is 16.5. The minimum atomic E-state index is -0.702. The zero-order chi connectivity index (χ0) is 15.3. The van der Waals surface area contributed by atoms with E-state index in [9.17, 15) is 14.4 Å². The highest BCUT2D eigenvalue weighted by Crippen LogP contribution is 2.12. The van der Waals surface area contributed by atoms with E-state index < -0.39 is 11.4 Å². The molecule has 5 heteroatoms. The van der Waals surface area contributed by atoms with E-state index in [1.54, 1.807) is 12.1 Å². The molecule has 0 aliphatic rings. The number of ether oxygens (including phenoxy) is 1. The van der Waals surface area contributed by atoms with E-state index in [0.29, 0.717) is 16.5 Å². The summed E-state index contributed by atoms with van der Waals surface area (Å²) in [6.45, 7) is 5.42. The predicted molar refractivity (Wildman–Crippen MR) is 77.3 cm³/mol. The Bertz CT molecular complexity index is 701. The molecule has 1 heterocycles. The molecule has 1 N–H and O–H groups in total. The lowest BCUT2D eigenvalue weighted by Gasteiger charge is -2.03. The number of pyridine rings is 1. The Hall–Kier alpha value is -2.43. The van der Waals surface area contributed by atoms with Gasteiger partial charge in [-0.2, -0.15) is 0 Å². The van der Waals surface area contributed by atoms with Crippen molar-refractivity contribution in [3.8, 4) is 0 Å². The second-order valence-corrected chi connectivity index (χ2v) is 3.84. The summed E-state index contributed by atoms with van der Waals surface area (Å²) >= 11 is 0. The molecule has 0 saturated heterocycles. The van der Waals surface area contributed by atoms with Crippen LogP contribution in [-0.2, 0) is 4.74 Å². The Labute approximate surface area is 116 Å². The fourth-order valence-corrected chi connectivity index (χ4v) is 1.70. The van der Waals surface area contributed by atoms with E-state index in [4.69, 9.17) is 0 Å². The van der Waals surface area contributed by atoms with E-state index >= 15 is 0 Å². The number of benzene rings is 1. The number of Topliss-reactive ketones (excluding diaryl/α,β-unsaturated/α-hetero) is 1. The van der Waals surface area contributed by atoms with Crippen molar-refractivity contribution in [2.45, 2.75) is 20.8 Å². The van der Waals surface area contributed by atoms with Gasteiger partial charge in [-0.3, -0.25) is 9.59 Å². The van der Waals surface area contributed by atoms with Crippen LogP contribution >= 0.6 is 0 Å². The van der Waals surface area contributed by atoms with Gasteiger partial charge in [0.2, 0.25) is 5.43 Å². The van der Waals surface area contributed by atoms with Gasteiger partial charge < -0.3 is 9.72 Å². The van der Waals surface area contributed by atoms with Crippen molar-refractivity contribution >= 4 is 22.7 Å². The second kappa shape index (κ2) is 6.65. The molecular weight excluding hydrogens is 258 g/mol. The smallest absolute Gasteiger partial charge is 0.343 e. The SMILES string of the molecule is CC.COC(=O)c1c[nH]c2ccc(C(C)=O)cc2c1=O. The van der Waals surface area contributed by atoms with Gasteiger partial charge in [-0.1, -0.05) is 13.8 Å². The molecule has 0 bridgehead atoms. The van der Waals surface area contributed by atoms with Crippen LogP contribution in [0.1, 0.15) is 41.5 Å². The zero-order valence-corrected chi connectivity index (χ0v) is 11.9. The summed E-state index contributed by atoms with van der Waals surface area (Å²) in [5.74, 6) is -0.842. The van der Waals surface area contributed by atoms with Crippen molar-refractivity contribution in [2.75, 3.05) is 7.11 Å². The van der Waals surface area contributed by atoms with Crippen LogP contribution in [-0.4, -0.2) is 23.8 Å². The molecule has 1 aromatic heterocycles. The standard InChI is InChI=1S/C13H11NO4.C2H6/c1-7(15)8-3-4-11-9(5-8)12(16)10(6-14-11)13(17)18-2;1-2/h3-6H,1-2H3,(H,14,16);1-2H3. The zero-order valence-electron chi connectivity index (χ0n) is 11.9. The Morgan fingerprint density at radius 2 is 1.85 bits per heavy atom. The van der Waals surface area contributed by atoms with E-state index in [1.165, 1.54) is 26.3 Å². The van der Waals surface area contributed by atoms with E-state index in [-0.39, 0.29) is 11.3 Å². The molecule has 20 heavy (non-hydrogen) atoms. The lowest BCUT2D eigenvalue weighted by Crippen LogP contribution is -2.17. The summed E-state index contributed by atoms with van der Waals surface area (Å²) in [7, 11) is 1.21. The number of hydrogen-bond donors (Lipinski definition) is 1. The van der Waals surface area contributed by atoms with E-state index in [0.717, 1.165) is 0 Å². The Morgan fingerprint density at radius 1 is 1.20 bits per heavy atom. The molecule has 1 aromatic carbocycles. The van der Waals surface area contributed by atoms with Gasteiger partial charge in [0.25, 0.3) is 0 Å². The topological polar surface area (TPSA) is 76.2 Å². The van der Waals surface area contributed by atoms with Crippen LogP contribution in [0.2, 0.25) is 0 Å². The highest BCUT2D eigenvalue weighted by molar-refractivity contribution is 5.99. The van der Waals surface area contributed by atoms with Crippen LogP contribution in [0.5, 0.6) is 0 Å². The molecule has 0 spiro atoms. The van der Waals surface area contributed by atoms with Crippen molar-refractivity contribution in [1.82, 2.24) is 4.98 Å². The average molecular weight is 275 g/mol. The normalized spacial score (nSPS) is 9.60.